The van der Waals surface area contributed by atoms with E-state index in [0.29, 0.717) is 12.5 Å². The summed E-state index contributed by atoms with van der Waals surface area (Å²) in [4.78, 5) is 12.1. The first-order chi connectivity index (χ1) is 9.76. The first kappa shape index (κ1) is 14.1. The molecule has 3 aliphatic rings. The molecular formula is C16H24O4. The van der Waals surface area contributed by atoms with Crippen LogP contribution in [-0.4, -0.2) is 32.1 Å². The summed E-state index contributed by atoms with van der Waals surface area (Å²) < 4.78 is 16.6. The Labute approximate surface area is 120 Å². The zero-order valence-electron chi connectivity index (χ0n) is 12.2. The monoisotopic (exact) mass is 280 g/mol. The second-order valence-electron chi connectivity index (χ2n) is 6.19. The highest BCUT2D eigenvalue weighted by Crippen LogP contribution is 2.38. The summed E-state index contributed by atoms with van der Waals surface area (Å²) in [6, 6.07) is 0. The van der Waals surface area contributed by atoms with Crippen molar-refractivity contribution in [2.75, 3.05) is 13.7 Å². The van der Waals surface area contributed by atoms with E-state index >= 15 is 0 Å². The van der Waals surface area contributed by atoms with E-state index in [1.165, 1.54) is 12.0 Å². The van der Waals surface area contributed by atoms with Crippen molar-refractivity contribution in [1.29, 1.82) is 0 Å². The summed E-state index contributed by atoms with van der Waals surface area (Å²) in [6.07, 6.45) is 9.62. The van der Waals surface area contributed by atoms with Gasteiger partial charge in [0.15, 0.2) is 6.29 Å². The fourth-order valence-corrected chi connectivity index (χ4v) is 3.63. The maximum Gasteiger partial charge on any atom is 0.309 e. The Morgan fingerprint density at radius 3 is 2.85 bits per heavy atom. The molecule has 0 radical (unpaired) electrons. The molecule has 0 aromatic carbocycles. The Kier molecular flexibility index (Phi) is 4.41. The average molecular weight is 280 g/mol. The normalized spacial score (nSPS) is 33.9. The summed E-state index contributed by atoms with van der Waals surface area (Å²) >= 11 is 0. The Morgan fingerprint density at radius 1 is 1.30 bits per heavy atom. The lowest BCUT2D eigenvalue weighted by atomic mass is 9.89. The zero-order chi connectivity index (χ0) is 13.9. The van der Waals surface area contributed by atoms with Gasteiger partial charge in [-0.15, -0.1) is 0 Å². The number of methoxy groups -OCH3 is 1. The summed E-state index contributed by atoms with van der Waals surface area (Å²) in [5.41, 5.74) is 1.22. The minimum Gasteiger partial charge on any atom is -0.461 e. The van der Waals surface area contributed by atoms with Gasteiger partial charge in [0.05, 0.1) is 12.0 Å². The smallest absolute Gasteiger partial charge is 0.309 e. The number of fused-ring (bicyclic) bond motifs is 2. The second kappa shape index (κ2) is 6.27. The molecule has 0 N–H and O–H groups in total. The molecule has 1 heterocycles. The van der Waals surface area contributed by atoms with Crippen LogP contribution in [0.5, 0.6) is 0 Å². The predicted molar refractivity (Wildman–Crippen MR) is 74.0 cm³/mol. The molecule has 1 aliphatic heterocycles. The molecule has 0 unspecified atom stereocenters. The number of ether oxygens (including phenoxy) is 3. The third-order valence-electron chi connectivity index (χ3n) is 4.83. The predicted octanol–water partition coefficient (Wildman–Crippen LogP) is 2.82. The third kappa shape index (κ3) is 3.07. The van der Waals surface area contributed by atoms with Gasteiger partial charge in [0.2, 0.25) is 0 Å². The Bertz CT molecular complexity index is 384. The van der Waals surface area contributed by atoms with Crippen molar-refractivity contribution < 1.29 is 19.0 Å². The summed E-state index contributed by atoms with van der Waals surface area (Å²) in [7, 11) is 1.68. The highest BCUT2D eigenvalue weighted by Gasteiger charge is 2.36. The van der Waals surface area contributed by atoms with Crippen LogP contribution < -0.4 is 0 Å². The van der Waals surface area contributed by atoms with Gasteiger partial charge in [0.1, 0.15) is 6.61 Å². The molecule has 20 heavy (non-hydrogen) atoms. The van der Waals surface area contributed by atoms with Crippen molar-refractivity contribution in [1.82, 2.24) is 0 Å². The number of carbonyl (C=O) groups is 1. The summed E-state index contributed by atoms with van der Waals surface area (Å²) in [5, 5.41) is 0. The zero-order valence-corrected chi connectivity index (χ0v) is 12.2. The maximum absolute atomic E-state index is 12.1. The number of hydrogen-bond acceptors (Lipinski definition) is 4. The van der Waals surface area contributed by atoms with Crippen LogP contribution in [0.3, 0.4) is 0 Å². The van der Waals surface area contributed by atoms with Gasteiger partial charge in [0.25, 0.3) is 0 Å². The molecule has 3 atom stereocenters. The van der Waals surface area contributed by atoms with E-state index < -0.39 is 0 Å². The molecule has 2 fully saturated rings. The molecule has 1 saturated heterocycles. The molecule has 0 aromatic heterocycles. The van der Waals surface area contributed by atoms with Crippen molar-refractivity contribution in [3.8, 4) is 0 Å². The average Bonchev–Trinajstić information content (AvgIpc) is 2.79. The maximum atomic E-state index is 12.1. The first-order valence-corrected chi connectivity index (χ1v) is 7.81. The number of carbonyl (C=O) groups excluding carboxylic acids is 1. The standard InChI is InChI=1S/C16H24O4/c1-18-15-9-12-7-14(20-15)8-13(12)10-19-16(17)11-5-3-2-4-6-11/h8,11-12,14-15H,2-7,9-10H2,1H3/t12-,14-,15-/m0/s1. The molecular weight excluding hydrogens is 256 g/mol. The van der Waals surface area contributed by atoms with Gasteiger partial charge in [-0.1, -0.05) is 25.3 Å². The van der Waals surface area contributed by atoms with Gasteiger partial charge in [0, 0.05) is 13.5 Å². The molecule has 112 valence electrons. The van der Waals surface area contributed by atoms with E-state index in [2.05, 4.69) is 6.08 Å². The quantitative estimate of drug-likeness (QED) is 0.587. The fourth-order valence-electron chi connectivity index (χ4n) is 3.63. The van der Waals surface area contributed by atoms with Crippen molar-refractivity contribution in [2.45, 2.75) is 57.3 Å². The fraction of sp³-hybridized carbons (Fsp3) is 0.812. The van der Waals surface area contributed by atoms with Crippen LogP contribution >= 0.6 is 0 Å². The van der Waals surface area contributed by atoms with E-state index in [0.717, 1.165) is 38.5 Å². The largest absolute Gasteiger partial charge is 0.461 e. The number of hydrogen-bond donors (Lipinski definition) is 0. The van der Waals surface area contributed by atoms with E-state index in [1.54, 1.807) is 7.11 Å². The molecule has 2 bridgehead atoms. The highest BCUT2D eigenvalue weighted by molar-refractivity contribution is 5.72. The van der Waals surface area contributed by atoms with Crippen molar-refractivity contribution >= 4 is 5.97 Å². The molecule has 4 nitrogen and oxygen atoms in total. The van der Waals surface area contributed by atoms with Crippen molar-refractivity contribution in [2.24, 2.45) is 11.8 Å². The van der Waals surface area contributed by atoms with Crippen LogP contribution in [0.2, 0.25) is 0 Å². The van der Waals surface area contributed by atoms with E-state index in [9.17, 15) is 4.79 Å². The first-order valence-electron chi connectivity index (χ1n) is 7.81. The van der Waals surface area contributed by atoms with Crippen LogP contribution in [0, 0.1) is 11.8 Å². The van der Waals surface area contributed by atoms with Crippen LogP contribution in [0.1, 0.15) is 44.9 Å². The molecule has 0 aromatic rings. The van der Waals surface area contributed by atoms with Crippen molar-refractivity contribution in [3.05, 3.63) is 11.6 Å². The SMILES string of the molecule is CO[C@@H]1C[C@@H]2C[C@@H](C=C2COC(=O)C2CCCCC2)O1. The van der Waals surface area contributed by atoms with Gasteiger partial charge >= 0.3 is 5.97 Å². The van der Waals surface area contributed by atoms with Gasteiger partial charge in [-0.3, -0.25) is 4.79 Å². The van der Waals surface area contributed by atoms with E-state index in [1.807, 2.05) is 0 Å². The van der Waals surface area contributed by atoms with E-state index in [4.69, 9.17) is 14.2 Å². The summed E-state index contributed by atoms with van der Waals surface area (Å²) in [6.45, 7) is 0.441. The van der Waals surface area contributed by atoms with Crippen LogP contribution in [0.25, 0.3) is 0 Å². The molecule has 4 heteroatoms. The second-order valence-corrected chi connectivity index (χ2v) is 6.19. The van der Waals surface area contributed by atoms with Crippen LogP contribution in [0.15, 0.2) is 11.6 Å². The Balaban J connectivity index is 1.49. The van der Waals surface area contributed by atoms with Gasteiger partial charge in [-0.05, 0) is 30.8 Å². The lowest BCUT2D eigenvalue weighted by Crippen LogP contribution is -2.29. The number of rotatable bonds is 4. The molecule has 2 aliphatic carbocycles. The Hall–Kier alpha value is -0.870. The van der Waals surface area contributed by atoms with Gasteiger partial charge in [-0.25, -0.2) is 0 Å². The summed E-state index contributed by atoms with van der Waals surface area (Å²) in [5.74, 6) is 0.585. The lowest BCUT2D eigenvalue weighted by molar-refractivity contribution is -0.171. The minimum absolute atomic E-state index is 0.00347. The molecule has 1 saturated carbocycles. The molecule has 3 rings (SSSR count). The highest BCUT2D eigenvalue weighted by atomic mass is 16.7. The van der Waals surface area contributed by atoms with Gasteiger partial charge in [-0.2, -0.15) is 0 Å². The molecule has 0 amide bonds. The molecule has 0 spiro atoms. The Morgan fingerprint density at radius 2 is 2.10 bits per heavy atom. The topological polar surface area (TPSA) is 44.8 Å². The van der Waals surface area contributed by atoms with Crippen molar-refractivity contribution in [3.63, 3.8) is 0 Å². The van der Waals surface area contributed by atoms with E-state index in [-0.39, 0.29) is 24.3 Å². The van der Waals surface area contributed by atoms with Gasteiger partial charge < -0.3 is 14.2 Å². The van der Waals surface area contributed by atoms with Crippen LogP contribution in [-0.2, 0) is 19.0 Å². The minimum atomic E-state index is -0.110. The number of esters is 1. The lowest BCUT2D eigenvalue weighted by Gasteiger charge is -2.28. The van der Waals surface area contributed by atoms with Crippen LogP contribution in [0.4, 0.5) is 0 Å². The third-order valence-corrected chi connectivity index (χ3v) is 4.83.